The molecular formula is C17H30N2O2. The molecule has 1 aliphatic carbocycles. The smallest absolute Gasteiger partial charge is 0.246 e. The zero-order valence-corrected chi connectivity index (χ0v) is 14.1. The van der Waals surface area contributed by atoms with Gasteiger partial charge in [-0.1, -0.05) is 41.0 Å². The van der Waals surface area contributed by atoms with Crippen molar-refractivity contribution < 1.29 is 9.59 Å². The van der Waals surface area contributed by atoms with E-state index in [1.807, 2.05) is 18.7 Å². The van der Waals surface area contributed by atoms with Crippen LogP contribution in [0.15, 0.2) is 0 Å². The van der Waals surface area contributed by atoms with Crippen LogP contribution in [0, 0.1) is 17.8 Å². The van der Waals surface area contributed by atoms with Gasteiger partial charge in [0.2, 0.25) is 11.8 Å². The molecule has 1 saturated carbocycles. The van der Waals surface area contributed by atoms with E-state index in [-0.39, 0.29) is 29.8 Å². The molecule has 0 aromatic heterocycles. The zero-order valence-electron chi connectivity index (χ0n) is 14.1. The first-order valence-electron chi connectivity index (χ1n) is 8.49. The van der Waals surface area contributed by atoms with Gasteiger partial charge >= 0.3 is 0 Å². The molecule has 0 aromatic carbocycles. The fourth-order valence-corrected chi connectivity index (χ4v) is 3.64. The summed E-state index contributed by atoms with van der Waals surface area (Å²) in [6, 6.07) is -0.311. The lowest BCUT2D eigenvalue weighted by Gasteiger charge is -2.42. The molecule has 2 aliphatic rings. The Hall–Kier alpha value is -1.06. The molecular weight excluding hydrogens is 264 g/mol. The summed E-state index contributed by atoms with van der Waals surface area (Å²) in [5, 5.41) is 2.96. The number of nitrogens with one attached hydrogen (secondary N) is 1. The highest BCUT2D eigenvalue weighted by Crippen LogP contribution is 2.42. The predicted octanol–water partition coefficient (Wildman–Crippen LogP) is 2.57. The Morgan fingerprint density at radius 3 is 2.43 bits per heavy atom. The summed E-state index contributed by atoms with van der Waals surface area (Å²) < 4.78 is 0. The van der Waals surface area contributed by atoms with Crippen molar-refractivity contribution in [3.63, 3.8) is 0 Å². The third-order valence-electron chi connectivity index (χ3n) is 4.68. The number of hydrogen-bond acceptors (Lipinski definition) is 2. The van der Waals surface area contributed by atoms with Crippen LogP contribution in [-0.4, -0.2) is 34.8 Å². The molecule has 120 valence electrons. The fourth-order valence-electron chi connectivity index (χ4n) is 3.64. The van der Waals surface area contributed by atoms with Crippen molar-refractivity contribution in [1.82, 2.24) is 10.2 Å². The quantitative estimate of drug-likeness (QED) is 0.818. The van der Waals surface area contributed by atoms with Crippen LogP contribution < -0.4 is 5.32 Å². The standard InChI is InChI=1S/C17H30N2O2/c1-6-7-12-9-14(12)19-15(11(4)5)16(20)18-13(17(19)21)8-10(2)3/h10-15H,6-9H2,1-5H3,(H,18,20). The van der Waals surface area contributed by atoms with Crippen LogP contribution in [0.1, 0.15) is 60.3 Å². The maximum atomic E-state index is 12.9. The van der Waals surface area contributed by atoms with Gasteiger partial charge in [0.05, 0.1) is 0 Å². The van der Waals surface area contributed by atoms with Crippen molar-refractivity contribution in [2.75, 3.05) is 0 Å². The molecule has 4 heteroatoms. The van der Waals surface area contributed by atoms with Crippen LogP contribution >= 0.6 is 0 Å². The van der Waals surface area contributed by atoms with Crippen LogP contribution in [0.5, 0.6) is 0 Å². The van der Waals surface area contributed by atoms with Gasteiger partial charge in [0.1, 0.15) is 12.1 Å². The number of nitrogens with zero attached hydrogens (tertiary/aromatic N) is 1. The molecule has 0 radical (unpaired) electrons. The highest BCUT2D eigenvalue weighted by atomic mass is 16.2. The summed E-state index contributed by atoms with van der Waals surface area (Å²) in [4.78, 5) is 27.3. The van der Waals surface area contributed by atoms with Crippen molar-refractivity contribution in [1.29, 1.82) is 0 Å². The van der Waals surface area contributed by atoms with Gasteiger partial charge in [0.15, 0.2) is 0 Å². The molecule has 2 fully saturated rings. The van der Waals surface area contributed by atoms with Gasteiger partial charge in [-0.25, -0.2) is 0 Å². The van der Waals surface area contributed by atoms with E-state index < -0.39 is 0 Å². The number of carbonyl (C=O) groups excluding carboxylic acids is 2. The van der Waals surface area contributed by atoms with E-state index in [0.717, 1.165) is 25.7 Å². The Morgan fingerprint density at radius 1 is 1.24 bits per heavy atom. The zero-order chi connectivity index (χ0) is 15.7. The van der Waals surface area contributed by atoms with E-state index in [1.54, 1.807) is 0 Å². The molecule has 2 amide bonds. The van der Waals surface area contributed by atoms with Crippen molar-refractivity contribution in [3.05, 3.63) is 0 Å². The molecule has 1 saturated heterocycles. The van der Waals surface area contributed by atoms with Crippen LogP contribution in [0.4, 0.5) is 0 Å². The van der Waals surface area contributed by atoms with Crippen molar-refractivity contribution >= 4 is 11.8 Å². The lowest BCUT2D eigenvalue weighted by molar-refractivity contribution is -0.152. The summed E-state index contributed by atoms with van der Waals surface area (Å²) >= 11 is 0. The van der Waals surface area contributed by atoms with Gasteiger partial charge in [-0.15, -0.1) is 0 Å². The van der Waals surface area contributed by atoms with Crippen molar-refractivity contribution in [2.24, 2.45) is 17.8 Å². The maximum Gasteiger partial charge on any atom is 0.246 e. The first kappa shape index (κ1) is 16.3. The second kappa shape index (κ2) is 6.37. The summed E-state index contributed by atoms with van der Waals surface area (Å²) in [7, 11) is 0. The number of amides is 2. The molecule has 1 heterocycles. The van der Waals surface area contributed by atoms with Crippen LogP contribution in [0.2, 0.25) is 0 Å². The molecule has 1 aliphatic heterocycles. The summed E-state index contributed by atoms with van der Waals surface area (Å²) in [6.07, 6.45) is 4.12. The monoisotopic (exact) mass is 294 g/mol. The SMILES string of the molecule is CCCC1CC1N1C(=O)C(CC(C)C)NC(=O)C1C(C)C. The lowest BCUT2D eigenvalue weighted by atomic mass is 9.93. The van der Waals surface area contributed by atoms with E-state index in [4.69, 9.17) is 0 Å². The first-order chi connectivity index (χ1) is 9.86. The minimum absolute atomic E-state index is 0.0393. The van der Waals surface area contributed by atoms with Gasteiger partial charge in [0, 0.05) is 6.04 Å². The van der Waals surface area contributed by atoms with Gasteiger partial charge in [0.25, 0.3) is 0 Å². The normalized spacial score (nSPS) is 32.8. The van der Waals surface area contributed by atoms with E-state index in [9.17, 15) is 9.59 Å². The molecule has 0 bridgehead atoms. The van der Waals surface area contributed by atoms with Gasteiger partial charge in [-0.05, 0) is 37.0 Å². The highest BCUT2D eigenvalue weighted by molar-refractivity contribution is 5.97. The molecule has 21 heavy (non-hydrogen) atoms. The Labute approximate surface area is 128 Å². The first-order valence-corrected chi connectivity index (χ1v) is 8.49. The summed E-state index contributed by atoms with van der Waals surface area (Å²) in [5.41, 5.74) is 0. The van der Waals surface area contributed by atoms with E-state index >= 15 is 0 Å². The average molecular weight is 294 g/mol. The molecule has 4 nitrogen and oxygen atoms in total. The molecule has 2 rings (SSSR count). The predicted molar refractivity (Wildman–Crippen MR) is 83.7 cm³/mol. The molecule has 4 atom stereocenters. The van der Waals surface area contributed by atoms with Crippen LogP contribution in [0.3, 0.4) is 0 Å². The fraction of sp³-hybridized carbons (Fsp3) is 0.882. The Morgan fingerprint density at radius 2 is 1.90 bits per heavy atom. The molecule has 0 aromatic rings. The Balaban J connectivity index is 2.17. The molecule has 4 unspecified atom stereocenters. The highest BCUT2D eigenvalue weighted by Gasteiger charge is 2.52. The van der Waals surface area contributed by atoms with Crippen LogP contribution in [0.25, 0.3) is 0 Å². The minimum atomic E-state index is -0.324. The Bertz CT molecular complexity index is 406. The van der Waals surface area contributed by atoms with Gasteiger partial charge < -0.3 is 10.2 Å². The van der Waals surface area contributed by atoms with Crippen molar-refractivity contribution in [2.45, 2.75) is 78.4 Å². The van der Waals surface area contributed by atoms with Gasteiger partial charge in [-0.3, -0.25) is 9.59 Å². The third kappa shape index (κ3) is 3.41. The third-order valence-corrected chi connectivity index (χ3v) is 4.68. The topological polar surface area (TPSA) is 49.4 Å². The van der Waals surface area contributed by atoms with E-state index in [2.05, 4.69) is 26.1 Å². The maximum absolute atomic E-state index is 12.9. The summed E-state index contributed by atoms with van der Waals surface area (Å²) in [5.74, 6) is 1.35. The minimum Gasteiger partial charge on any atom is -0.342 e. The lowest BCUT2D eigenvalue weighted by Crippen LogP contribution is -2.65. The number of rotatable bonds is 6. The van der Waals surface area contributed by atoms with Crippen molar-refractivity contribution in [3.8, 4) is 0 Å². The molecule has 1 N–H and O–H groups in total. The Kier molecular flexibility index (Phi) is 4.95. The number of carbonyl (C=O) groups is 2. The largest absolute Gasteiger partial charge is 0.342 e. The average Bonchev–Trinajstić information content (AvgIpc) is 3.11. The summed E-state index contributed by atoms with van der Waals surface area (Å²) in [6.45, 7) is 10.4. The van der Waals surface area contributed by atoms with Gasteiger partial charge in [-0.2, -0.15) is 0 Å². The number of hydrogen-bond donors (Lipinski definition) is 1. The number of piperazine rings is 1. The molecule has 0 spiro atoms. The second-order valence-electron chi connectivity index (χ2n) is 7.48. The van der Waals surface area contributed by atoms with Crippen LogP contribution in [-0.2, 0) is 9.59 Å². The van der Waals surface area contributed by atoms with E-state index in [1.165, 1.54) is 0 Å². The second-order valence-corrected chi connectivity index (χ2v) is 7.48. The van der Waals surface area contributed by atoms with E-state index in [0.29, 0.717) is 17.9 Å².